The highest BCUT2D eigenvalue weighted by molar-refractivity contribution is 5.69. The molecule has 2 nitrogen and oxygen atoms in total. The fourth-order valence-electron chi connectivity index (χ4n) is 0.398. The summed E-state index contributed by atoms with van der Waals surface area (Å²) < 4.78 is 4.64. The van der Waals surface area contributed by atoms with Gasteiger partial charge in [0.15, 0.2) is 0 Å². The average molecular weight is 138 g/mol. The molecule has 0 radical (unpaired) electrons. The second-order valence-corrected chi connectivity index (χ2v) is 1.68. The lowest BCUT2D eigenvalue weighted by molar-refractivity contribution is -0.142. The third kappa shape index (κ3) is 4.92. The van der Waals surface area contributed by atoms with Crippen molar-refractivity contribution in [3.8, 4) is 12.3 Å². The Hall–Kier alpha value is -1.23. The van der Waals surface area contributed by atoms with Gasteiger partial charge in [-0.3, -0.25) is 4.79 Å². The van der Waals surface area contributed by atoms with Gasteiger partial charge in [0, 0.05) is 6.42 Å². The van der Waals surface area contributed by atoms with Crippen molar-refractivity contribution in [3.63, 3.8) is 0 Å². The van der Waals surface area contributed by atoms with Crippen LogP contribution in [0.3, 0.4) is 0 Å². The fourth-order valence-corrected chi connectivity index (χ4v) is 0.398. The number of rotatable bonds is 4. The normalized spacial score (nSPS) is 7.90. The molecule has 0 aromatic rings. The van der Waals surface area contributed by atoms with Gasteiger partial charge < -0.3 is 4.74 Å². The lowest BCUT2D eigenvalue weighted by Gasteiger charge is -1.97. The Labute approximate surface area is 60.9 Å². The van der Waals surface area contributed by atoms with Crippen LogP contribution < -0.4 is 0 Å². The highest BCUT2D eigenvalue weighted by Crippen LogP contribution is 1.90. The van der Waals surface area contributed by atoms with Gasteiger partial charge in [-0.2, -0.15) is 0 Å². The van der Waals surface area contributed by atoms with Crippen molar-refractivity contribution in [2.75, 3.05) is 6.61 Å². The molecule has 0 atom stereocenters. The fraction of sp³-hybridized carbons (Fsp3) is 0.375. The summed E-state index contributed by atoms with van der Waals surface area (Å²) >= 11 is 0. The number of ether oxygens (including phenoxy) is 1. The van der Waals surface area contributed by atoms with Gasteiger partial charge in [0.05, 0.1) is 6.42 Å². The summed E-state index contributed by atoms with van der Waals surface area (Å²) in [6.07, 6.45) is 7.19. The van der Waals surface area contributed by atoms with Gasteiger partial charge in [-0.25, -0.2) is 0 Å². The van der Waals surface area contributed by atoms with Crippen LogP contribution in [0.1, 0.15) is 12.8 Å². The molecule has 0 aliphatic carbocycles. The van der Waals surface area contributed by atoms with E-state index in [1.165, 1.54) is 6.08 Å². The summed E-state index contributed by atoms with van der Waals surface area (Å²) in [7, 11) is 0. The van der Waals surface area contributed by atoms with Gasteiger partial charge in [-0.1, -0.05) is 12.7 Å². The minimum atomic E-state index is -0.266. The Morgan fingerprint density at radius 1 is 1.80 bits per heavy atom. The van der Waals surface area contributed by atoms with E-state index in [1.807, 2.05) is 0 Å². The summed E-state index contributed by atoms with van der Waals surface area (Å²) in [5, 5.41) is 0. The lowest BCUT2D eigenvalue weighted by atomic mass is 10.3. The minimum Gasteiger partial charge on any atom is -0.461 e. The van der Waals surface area contributed by atoms with Crippen LogP contribution in [0.5, 0.6) is 0 Å². The molecule has 0 aliphatic rings. The average Bonchev–Trinajstić information content (AvgIpc) is 1.97. The molecule has 0 rings (SSSR count). The van der Waals surface area contributed by atoms with E-state index < -0.39 is 0 Å². The topological polar surface area (TPSA) is 26.3 Å². The van der Waals surface area contributed by atoms with Gasteiger partial charge >= 0.3 is 5.97 Å². The largest absolute Gasteiger partial charge is 0.461 e. The molecule has 0 unspecified atom stereocenters. The van der Waals surface area contributed by atoms with E-state index in [2.05, 4.69) is 17.2 Å². The van der Waals surface area contributed by atoms with Gasteiger partial charge in [-0.05, 0) is 0 Å². The molecule has 2 heteroatoms. The Morgan fingerprint density at radius 3 is 3.00 bits per heavy atom. The SMILES string of the molecule is C#CCCC(=O)OCC=C. The molecule has 10 heavy (non-hydrogen) atoms. The molecule has 0 amide bonds. The van der Waals surface area contributed by atoms with Gasteiger partial charge in [-0.15, -0.1) is 12.3 Å². The van der Waals surface area contributed by atoms with Crippen LogP contribution in [-0.4, -0.2) is 12.6 Å². The summed E-state index contributed by atoms with van der Waals surface area (Å²) in [6.45, 7) is 3.66. The monoisotopic (exact) mass is 138 g/mol. The Bertz CT molecular complexity index is 153. The van der Waals surface area contributed by atoms with E-state index in [0.29, 0.717) is 12.8 Å². The van der Waals surface area contributed by atoms with E-state index in [9.17, 15) is 4.79 Å². The predicted octanol–water partition coefficient (Wildman–Crippen LogP) is 1.13. The minimum absolute atomic E-state index is 0.266. The third-order valence-corrected chi connectivity index (χ3v) is 0.836. The molecule has 0 saturated heterocycles. The first-order valence-electron chi connectivity index (χ1n) is 3.01. The van der Waals surface area contributed by atoms with Crippen molar-refractivity contribution in [1.82, 2.24) is 0 Å². The van der Waals surface area contributed by atoms with Crippen LogP contribution >= 0.6 is 0 Å². The van der Waals surface area contributed by atoms with Crippen LogP contribution in [0.4, 0.5) is 0 Å². The van der Waals surface area contributed by atoms with E-state index in [4.69, 9.17) is 6.42 Å². The van der Waals surface area contributed by atoms with Gasteiger partial charge in [0.2, 0.25) is 0 Å². The van der Waals surface area contributed by atoms with Crippen LogP contribution in [0.15, 0.2) is 12.7 Å². The molecular formula is C8H10O2. The molecule has 0 aromatic carbocycles. The summed E-state index contributed by atoms with van der Waals surface area (Å²) in [6, 6.07) is 0. The molecule has 54 valence electrons. The number of carbonyl (C=O) groups excluding carboxylic acids is 1. The molecule has 0 N–H and O–H groups in total. The van der Waals surface area contributed by atoms with Crippen molar-refractivity contribution >= 4 is 5.97 Å². The molecule has 0 bridgehead atoms. The molecule has 0 spiro atoms. The maximum Gasteiger partial charge on any atom is 0.307 e. The zero-order valence-corrected chi connectivity index (χ0v) is 5.80. The zero-order chi connectivity index (χ0) is 7.82. The van der Waals surface area contributed by atoms with Crippen molar-refractivity contribution in [2.24, 2.45) is 0 Å². The molecule has 0 heterocycles. The highest BCUT2D eigenvalue weighted by atomic mass is 16.5. The molecule has 0 aromatic heterocycles. The first-order valence-corrected chi connectivity index (χ1v) is 3.01. The Morgan fingerprint density at radius 2 is 2.50 bits per heavy atom. The van der Waals surface area contributed by atoms with Gasteiger partial charge in [0.1, 0.15) is 6.61 Å². The first kappa shape index (κ1) is 8.77. The molecule has 0 fully saturated rings. The number of hydrogen-bond donors (Lipinski definition) is 0. The summed E-state index contributed by atoms with van der Waals surface area (Å²) in [5.74, 6) is 2.08. The van der Waals surface area contributed by atoms with E-state index in [-0.39, 0.29) is 12.6 Å². The first-order chi connectivity index (χ1) is 4.81. The third-order valence-electron chi connectivity index (χ3n) is 0.836. The Balaban J connectivity index is 3.27. The number of hydrogen-bond acceptors (Lipinski definition) is 2. The maximum atomic E-state index is 10.6. The van der Waals surface area contributed by atoms with Gasteiger partial charge in [0.25, 0.3) is 0 Å². The van der Waals surface area contributed by atoms with Crippen molar-refractivity contribution in [3.05, 3.63) is 12.7 Å². The Kier molecular flexibility index (Phi) is 5.17. The maximum absolute atomic E-state index is 10.6. The number of terminal acetylenes is 1. The van der Waals surface area contributed by atoms with Crippen LogP contribution in [0, 0.1) is 12.3 Å². The van der Waals surface area contributed by atoms with Crippen molar-refractivity contribution in [1.29, 1.82) is 0 Å². The molecular weight excluding hydrogens is 128 g/mol. The number of esters is 1. The smallest absolute Gasteiger partial charge is 0.307 e. The van der Waals surface area contributed by atoms with E-state index in [1.54, 1.807) is 0 Å². The molecule has 0 aliphatic heterocycles. The standard InChI is InChI=1S/C8H10O2/c1-3-5-6-8(9)10-7-4-2/h1,4H,2,5-7H2. The van der Waals surface area contributed by atoms with Crippen molar-refractivity contribution in [2.45, 2.75) is 12.8 Å². The second kappa shape index (κ2) is 5.90. The van der Waals surface area contributed by atoms with Crippen LogP contribution in [-0.2, 0) is 9.53 Å². The summed E-state index contributed by atoms with van der Waals surface area (Å²) in [5.41, 5.74) is 0. The van der Waals surface area contributed by atoms with E-state index in [0.717, 1.165) is 0 Å². The quantitative estimate of drug-likeness (QED) is 0.330. The predicted molar refractivity (Wildman–Crippen MR) is 39.2 cm³/mol. The van der Waals surface area contributed by atoms with Crippen molar-refractivity contribution < 1.29 is 9.53 Å². The highest BCUT2D eigenvalue weighted by Gasteiger charge is 1.97. The van der Waals surface area contributed by atoms with Crippen LogP contribution in [0.25, 0.3) is 0 Å². The second-order valence-electron chi connectivity index (χ2n) is 1.68. The lowest BCUT2D eigenvalue weighted by Crippen LogP contribution is -2.02. The zero-order valence-electron chi connectivity index (χ0n) is 5.80. The van der Waals surface area contributed by atoms with Crippen LogP contribution in [0.2, 0.25) is 0 Å². The number of carbonyl (C=O) groups is 1. The van der Waals surface area contributed by atoms with E-state index >= 15 is 0 Å². The summed E-state index contributed by atoms with van der Waals surface area (Å²) in [4.78, 5) is 10.6. The molecule has 0 saturated carbocycles.